The molecule has 0 fully saturated rings. The number of methoxy groups -OCH3 is 1. The number of hydrogen-bond acceptors (Lipinski definition) is 4. The van der Waals surface area contributed by atoms with E-state index in [1.54, 1.807) is 32.4 Å². The van der Waals surface area contributed by atoms with Gasteiger partial charge in [-0.1, -0.05) is 24.3 Å². The highest BCUT2D eigenvalue weighted by Gasteiger charge is 2.20. The minimum atomic E-state index is -0.185. The zero-order valence-corrected chi connectivity index (χ0v) is 15.0. The first-order chi connectivity index (χ1) is 12.6. The Balaban J connectivity index is 1.67. The molecule has 0 radical (unpaired) electrons. The van der Waals surface area contributed by atoms with Crippen LogP contribution in [0.25, 0.3) is 0 Å². The van der Waals surface area contributed by atoms with Gasteiger partial charge in [-0.25, -0.2) is 0 Å². The molecule has 6 heteroatoms. The van der Waals surface area contributed by atoms with Gasteiger partial charge in [-0.05, 0) is 35.7 Å². The van der Waals surface area contributed by atoms with Crippen LogP contribution in [0.1, 0.15) is 21.5 Å². The fourth-order valence-electron chi connectivity index (χ4n) is 3.12. The number of fused-ring (bicyclic) bond motifs is 1. The van der Waals surface area contributed by atoms with E-state index in [0.29, 0.717) is 30.1 Å². The second-order valence-electron chi connectivity index (χ2n) is 6.18. The van der Waals surface area contributed by atoms with E-state index in [1.165, 1.54) is 11.1 Å². The van der Waals surface area contributed by atoms with Crippen LogP contribution in [0.5, 0.6) is 5.75 Å². The van der Waals surface area contributed by atoms with Gasteiger partial charge < -0.3 is 20.3 Å². The average molecular weight is 353 g/mol. The first-order valence-corrected chi connectivity index (χ1v) is 8.61. The molecular weight excluding hydrogens is 330 g/mol. The van der Waals surface area contributed by atoms with Crippen molar-refractivity contribution in [3.63, 3.8) is 0 Å². The summed E-state index contributed by atoms with van der Waals surface area (Å²) in [4.78, 5) is 26.3. The standard InChI is InChI=1S/C20H23N3O3/c1-21-20(25)15-7-8-18(26-2)17(11-15)22-12-19(24)23-10-9-14-5-3-4-6-16(14)13-23/h3-8,11,22H,9-10,12-13H2,1-2H3,(H,21,25). The summed E-state index contributed by atoms with van der Waals surface area (Å²) < 4.78 is 5.32. The van der Waals surface area contributed by atoms with Gasteiger partial charge in [-0.2, -0.15) is 0 Å². The lowest BCUT2D eigenvalue weighted by Gasteiger charge is -2.29. The molecule has 2 N–H and O–H groups in total. The number of amides is 2. The van der Waals surface area contributed by atoms with E-state index in [2.05, 4.69) is 22.8 Å². The van der Waals surface area contributed by atoms with Crippen molar-refractivity contribution in [2.24, 2.45) is 0 Å². The van der Waals surface area contributed by atoms with Gasteiger partial charge in [0.1, 0.15) is 5.75 Å². The maximum absolute atomic E-state index is 12.6. The largest absolute Gasteiger partial charge is 0.495 e. The fraction of sp³-hybridized carbons (Fsp3) is 0.300. The maximum Gasteiger partial charge on any atom is 0.251 e. The van der Waals surface area contributed by atoms with Crippen LogP contribution < -0.4 is 15.4 Å². The van der Waals surface area contributed by atoms with E-state index in [1.807, 2.05) is 17.0 Å². The van der Waals surface area contributed by atoms with Crippen LogP contribution in [0.15, 0.2) is 42.5 Å². The van der Waals surface area contributed by atoms with Crippen LogP contribution in [0, 0.1) is 0 Å². The molecule has 2 aromatic rings. The molecule has 0 aromatic heterocycles. The van der Waals surface area contributed by atoms with Crippen molar-refractivity contribution in [1.82, 2.24) is 10.2 Å². The summed E-state index contributed by atoms with van der Waals surface area (Å²) in [5, 5.41) is 5.70. The molecule has 0 atom stereocenters. The molecule has 1 aliphatic rings. The van der Waals surface area contributed by atoms with Crippen molar-refractivity contribution in [2.45, 2.75) is 13.0 Å². The number of rotatable bonds is 5. The third-order valence-corrected chi connectivity index (χ3v) is 4.60. The second kappa shape index (κ2) is 7.91. The molecule has 0 bridgehead atoms. The molecule has 1 heterocycles. The van der Waals surface area contributed by atoms with E-state index >= 15 is 0 Å². The Morgan fingerprint density at radius 1 is 1.15 bits per heavy atom. The van der Waals surface area contributed by atoms with Gasteiger partial charge in [-0.3, -0.25) is 9.59 Å². The molecule has 0 saturated heterocycles. The highest BCUT2D eigenvalue weighted by Crippen LogP contribution is 2.25. The number of carbonyl (C=O) groups is 2. The summed E-state index contributed by atoms with van der Waals surface area (Å²) in [6.45, 7) is 1.49. The molecule has 2 amide bonds. The van der Waals surface area contributed by atoms with Crippen molar-refractivity contribution in [3.8, 4) is 5.75 Å². The normalized spacial score (nSPS) is 12.9. The Hall–Kier alpha value is -3.02. The summed E-state index contributed by atoms with van der Waals surface area (Å²) in [6, 6.07) is 13.3. The van der Waals surface area contributed by atoms with Crippen molar-refractivity contribution >= 4 is 17.5 Å². The summed E-state index contributed by atoms with van der Waals surface area (Å²) in [7, 11) is 3.14. The van der Waals surface area contributed by atoms with E-state index in [9.17, 15) is 9.59 Å². The number of carbonyl (C=O) groups excluding carboxylic acids is 2. The Morgan fingerprint density at radius 3 is 2.65 bits per heavy atom. The lowest BCUT2D eigenvalue weighted by atomic mass is 10.00. The topological polar surface area (TPSA) is 70.7 Å². The second-order valence-corrected chi connectivity index (χ2v) is 6.18. The van der Waals surface area contributed by atoms with Crippen LogP contribution >= 0.6 is 0 Å². The molecule has 1 aliphatic heterocycles. The van der Waals surface area contributed by atoms with Gasteiger partial charge in [0.05, 0.1) is 19.3 Å². The summed E-state index contributed by atoms with van der Waals surface area (Å²) in [6.07, 6.45) is 0.872. The van der Waals surface area contributed by atoms with Crippen molar-refractivity contribution in [1.29, 1.82) is 0 Å². The first-order valence-electron chi connectivity index (χ1n) is 8.61. The van der Waals surface area contributed by atoms with E-state index in [-0.39, 0.29) is 18.4 Å². The first kappa shape index (κ1) is 17.8. The lowest BCUT2D eigenvalue weighted by Crippen LogP contribution is -2.39. The highest BCUT2D eigenvalue weighted by atomic mass is 16.5. The molecule has 0 saturated carbocycles. The van der Waals surface area contributed by atoms with Crippen molar-refractivity contribution in [2.75, 3.05) is 32.6 Å². The minimum absolute atomic E-state index is 0.0203. The smallest absolute Gasteiger partial charge is 0.251 e. The van der Waals surface area contributed by atoms with Crippen LogP contribution in [0.4, 0.5) is 5.69 Å². The van der Waals surface area contributed by atoms with Gasteiger partial charge in [0, 0.05) is 25.7 Å². The van der Waals surface area contributed by atoms with Gasteiger partial charge in [-0.15, -0.1) is 0 Å². The molecule has 6 nitrogen and oxygen atoms in total. The predicted molar refractivity (Wildman–Crippen MR) is 100 cm³/mol. The minimum Gasteiger partial charge on any atom is -0.495 e. The Morgan fingerprint density at radius 2 is 1.92 bits per heavy atom. The Labute approximate surface area is 153 Å². The van der Waals surface area contributed by atoms with Crippen LogP contribution in [-0.4, -0.2) is 44.0 Å². The van der Waals surface area contributed by atoms with Crippen LogP contribution in [0.2, 0.25) is 0 Å². The molecular formula is C20H23N3O3. The SMILES string of the molecule is CNC(=O)c1ccc(OC)c(NCC(=O)N2CCc3ccccc3C2)c1. The molecule has 0 spiro atoms. The molecule has 3 rings (SSSR count). The zero-order valence-electron chi connectivity index (χ0n) is 15.0. The summed E-state index contributed by atoms with van der Waals surface area (Å²) in [5.74, 6) is 0.427. The Kier molecular flexibility index (Phi) is 5.41. The van der Waals surface area contributed by atoms with Gasteiger partial charge in [0.25, 0.3) is 5.91 Å². The molecule has 2 aromatic carbocycles. The van der Waals surface area contributed by atoms with Gasteiger partial charge in [0.2, 0.25) is 5.91 Å². The third-order valence-electron chi connectivity index (χ3n) is 4.60. The predicted octanol–water partition coefficient (Wildman–Crippen LogP) is 2.05. The number of hydrogen-bond donors (Lipinski definition) is 2. The summed E-state index contributed by atoms with van der Waals surface area (Å²) in [5.41, 5.74) is 3.64. The van der Waals surface area contributed by atoms with Crippen molar-refractivity contribution in [3.05, 3.63) is 59.2 Å². The lowest BCUT2D eigenvalue weighted by molar-refractivity contribution is -0.130. The Bertz CT molecular complexity index is 820. The zero-order chi connectivity index (χ0) is 18.5. The average Bonchev–Trinajstić information content (AvgIpc) is 2.70. The van der Waals surface area contributed by atoms with Crippen molar-refractivity contribution < 1.29 is 14.3 Å². The number of nitrogens with zero attached hydrogens (tertiary/aromatic N) is 1. The molecule has 26 heavy (non-hydrogen) atoms. The van der Waals surface area contributed by atoms with Gasteiger partial charge in [0.15, 0.2) is 0 Å². The van der Waals surface area contributed by atoms with E-state index in [0.717, 1.165) is 6.42 Å². The van der Waals surface area contributed by atoms with E-state index < -0.39 is 0 Å². The number of nitrogens with one attached hydrogen (secondary N) is 2. The van der Waals surface area contributed by atoms with Gasteiger partial charge >= 0.3 is 0 Å². The molecule has 0 unspecified atom stereocenters. The molecule has 136 valence electrons. The number of ether oxygens (including phenoxy) is 1. The third kappa shape index (κ3) is 3.79. The van der Waals surface area contributed by atoms with E-state index in [4.69, 9.17) is 4.74 Å². The maximum atomic E-state index is 12.6. The summed E-state index contributed by atoms with van der Waals surface area (Å²) >= 11 is 0. The van der Waals surface area contributed by atoms with Crippen LogP contribution in [-0.2, 0) is 17.8 Å². The molecule has 0 aliphatic carbocycles. The quantitative estimate of drug-likeness (QED) is 0.863. The highest BCUT2D eigenvalue weighted by molar-refractivity contribution is 5.95. The number of benzene rings is 2. The number of anilines is 1. The van der Waals surface area contributed by atoms with Crippen LogP contribution in [0.3, 0.4) is 0 Å². The monoisotopic (exact) mass is 353 g/mol. The fourth-order valence-corrected chi connectivity index (χ4v) is 3.12.